The first-order valence-corrected chi connectivity index (χ1v) is 6.04. The van der Waals surface area contributed by atoms with Gasteiger partial charge in [0.1, 0.15) is 0 Å². The van der Waals surface area contributed by atoms with Crippen LogP contribution in [0.15, 0.2) is 0 Å². The van der Waals surface area contributed by atoms with E-state index in [1.165, 1.54) is 0 Å². The van der Waals surface area contributed by atoms with Crippen molar-refractivity contribution in [3.63, 3.8) is 0 Å². The third-order valence-corrected chi connectivity index (χ3v) is 3.24. The van der Waals surface area contributed by atoms with Crippen LogP contribution in [0.1, 0.15) is 39.0 Å². The fraction of sp³-hybridized carbons (Fsp3) is 0.833. The molecule has 0 aromatic carbocycles. The van der Waals surface area contributed by atoms with E-state index in [0.29, 0.717) is 13.0 Å². The van der Waals surface area contributed by atoms with Crippen LogP contribution in [0, 0.1) is 11.3 Å². The molecule has 16 heavy (non-hydrogen) atoms. The van der Waals surface area contributed by atoms with Crippen molar-refractivity contribution in [3.05, 3.63) is 0 Å². The van der Waals surface area contributed by atoms with Crippen LogP contribution >= 0.6 is 0 Å². The minimum Gasteiger partial charge on any atom is -0.343 e. The number of likely N-dealkylation sites (N-methyl/N-ethyl adjacent to an activating group) is 1. The van der Waals surface area contributed by atoms with Crippen LogP contribution in [0.4, 0.5) is 0 Å². The molecule has 4 nitrogen and oxygen atoms in total. The van der Waals surface area contributed by atoms with Crippen molar-refractivity contribution in [2.75, 3.05) is 20.1 Å². The molecule has 0 bridgehead atoms. The molecular formula is C12H21N3O. The normalized spacial score (nSPS) is 24.1. The maximum atomic E-state index is 12.3. The fourth-order valence-electron chi connectivity index (χ4n) is 2.42. The third-order valence-electron chi connectivity index (χ3n) is 3.24. The molecule has 1 saturated heterocycles. The number of nitriles is 1. The molecule has 0 aromatic heterocycles. The fourth-order valence-corrected chi connectivity index (χ4v) is 2.42. The Morgan fingerprint density at radius 1 is 1.62 bits per heavy atom. The lowest BCUT2D eigenvalue weighted by Crippen LogP contribution is -2.54. The van der Waals surface area contributed by atoms with E-state index in [4.69, 9.17) is 5.26 Å². The number of nitrogens with one attached hydrogen (secondary N) is 1. The van der Waals surface area contributed by atoms with Gasteiger partial charge in [-0.2, -0.15) is 5.26 Å². The van der Waals surface area contributed by atoms with E-state index in [2.05, 4.69) is 18.3 Å². The van der Waals surface area contributed by atoms with Crippen molar-refractivity contribution < 1.29 is 4.79 Å². The number of hydrogen-bond acceptors (Lipinski definition) is 3. The van der Waals surface area contributed by atoms with Gasteiger partial charge in [-0.05, 0) is 25.8 Å². The third kappa shape index (κ3) is 2.73. The second kappa shape index (κ2) is 5.86. The summed E-state index contributed by atoms with van der Waals surface area (Å²) in [5.41, 5.74) is -0.348. The van der Waals surface area contributed by atoms with Crippen LogP contribution in [0.25, 0.3) is 0 Å². The number of hydrogen-bond donors (Lipinski definition) is 1. The molecule has 1 amide bonds. The Morgan fingerprint density at radius 2 is 2.38 bits per heavy atom. The van der Waals surface area contributed by atoms with E-state index in [-0.39, 0.29) is 11.4 Å². The van der Waals surface area contributed by atoms with Gasteiger partial charge in [-0.25, -0.2) is 0 Å². The predicted molar refractivity (Wildman–Crippen MR) is 62.7 cm³/mol. The van der Waals surface area contributed by atoms with Gasteiger partial charge in [-0.1, -0.05) is 13.3 Å². The van der Waals surface area contributed by atoms with E-state index in [1.54, 1.807) is 11.9 Å². The molecule has 1 aliphatic rings. The largest absolute Gasteiger partial charge is 0.343 e. The number of carbonyl (C=O) groups excluding carboxylic acids is 1. The van der Waals surface area contributed by atoms with E-state index >= 15 is 0 Å². The van der Waals surface area contributed by atoms with E-state index in [9.17, 15) is 4.79 Å². The molecule has 1 aliphatic heterocycles. The van der Waals surface area contributed by atoms with Crippen molar-refractivity contribution in [3.8, 4) is 6.07 Å². The Hall–Kier alpha value is -1.08. The summed E-state index contributed by atoms with van der Waals surface area (Å²) in [5, 5.41) is 11.9. The molecule has 1 N–H and O–H groups in total. The second-order valence-corrected chi connectivity index (χ2v) is 4.50. The van der Waals surface area contributed by atoms with Crippen LogP contribution in [0.2, 0.25) is 0 Å². The molecular weight excluding hydrogens is 202 g/mol. The monoisotopic (exact) mass is 223 g/mol. The van der Waals surface area contributed by atoms with Gasteiger partial charge in [0.15, 0.2) is 0 Å². The summed E-state index contributed by atoms with van der Waals surface area (Å²) in [7, 11) is 1.79. The van der Waals surface area contributed by atoms with E-state index in [0.717, 1.165) is 32.2 Å². The summed E-state index contributed by atoms with van der Waals surface area (Å²) in [6.07, 6.45) is 4.30. The zero-order valence-electron chi connectivity index (χ0n) is 10.3. The molecule has 0 radical (unpaired) electrons. The minimum absolute atomic E-state index is 0.155. The average Bonchev–Trinajstić information content (AvgIpc) is 2.75. The van der Waals surface area contributed by atoms with Gasteiger partial charge >= 0.3 is 0 Å². The molecule has 1 rings (SSSR count). The number of nitrogens with zero attached hydrogens (tertiary/aromatic N) is 2. The Bertz CT molecular complexity index is 276. The van der Waals surface area contributed by atoms with Crippen molar-refractivity contribution in [1.82, 2.24) is 10.2 Å². The number of rotatable bonds is 5. The number of amides is 1. The Balaban J connectivity index is 2.64. The second-order valence-electron chi connectivity index (χ2n) is 4.50. The van der Waals surface area contributed by atoms with Crippen LogP contribution in [0.5, 0.6) is 0 Å². The van der Waals surface area contributed by atoms with Gasteiger partial charge in [0.05, 0.1) is 18.0 Å². The minimum atomic E-state index is -0.348. The number of carbonyl (C=O) groups is 1. The van der Waals surface area contributed by atoms with Gasteiger partial charge in [-0.15, -0.1) is 0 Å². The quantitative estimate of drug-likeness (QED) is 0.764. The Kier molecular flexibility index (Phi) is 4.75. The predicted octanol–water partition coefficient (Wildman–Crippen LogP) is 1.28. The van der Waals surface area contributed by atoms with Crippen LogP contribution in [0.3, 0.4) is 0 Å². The highest BCUT2D eigenvalue weighted by Crippen LogP contribution is 2.26. The van der Waals surface area contributed by atoms with E-state index < -0.39 is 0 Å². The van der Waals surface area contributed by atoms with Crippen molar-refractivity contribution in [2.45, 2.75) is 44.6 Å². The average molecular weight is 223 g/mol. The Morgan fingerprint density at radius 3 is 2.88 bits per heavy atom. The van der Waals surface area contributed by atoms with Gasteiger partial charge < -0.3 is 10.2 Å². The summed E-state index contributed by atoms with van der Waals surface area (Å²) >= 11 is 0. The SMILES string of the molecule is CCCC1(C(=O)N(C)CCC#N)CCCN1. The maximum Gasteiger partial charge on any atom is 0.242 e. The highest BCUT2D eigenvalue weighted by molar-refractivity contribution is 5.86. The Labute approximate surface area is 97.6 Å². The van der Waals surface area contributed by atoms with Crippen LogP contribution in [-0.2, 0) is 4.79 Å². The lowest BCUT2D eigenvalue weighted by molar-refractivity contribution is -0.136. The summed E-state index contributed by atoms with van der Waals surface area (Å²) in [6.45, 7) is 3.56. The maximum absolute atomic E-state index is 12.3. The van der Waals surface area contributed by atoms with Gasteiger partial charge in [-0.3, -0.25) is 4.79 Å². The molecule has 4 heteroatoms. The summed E-state index contributed by atoms with van der Waals surface area (Å²) < 4.78 is 0. The van der Waals surface area contributed by atoms with Gasteiger partial charge in [0.25, 0.3) is 0 Å². The highest BCUT2D eigenvalue weighted by Gasteiger charge is 2.41. The molecule has 90 valence electrons. The van der Waals surface area contributed by atoms with Crippen LogP contribution < -0.4 is 5.32 Å². The van der Waals surface area contributed by atoms with Gasteiger partial charge in [0, 0.05) is 13.6 Å². The summed E-state index contributed by atoms with van der Waals surface area (Å²) in [6, 6.07) is 2.07. The molecule has 0 aromatic rings. The molecule has 1 heterocycles. The standard InChI is InChI=1S/C12H21N3O/c1-3-6-12(7-4-9-14-12)11(16)15(2)10-5-8-13/h14H,3-7,9-10H2,1-2H3. The molecule has 1 unspecified atom stereocenters. The molecule has 1 atom stereocenters. The smallest absolute Gasteiger partial charge is 0.242 e. The first-order valence-electron chi connectivity index (χ1n) is 6.04. The van der Waals surface area contributed by atoms with E-state index in [1.807, 2.05) is 0 Å². The molecule has 1 fully saturated rings. The van der Waals surface area contributed by atoms with Crippen molar-refractivity contribution in [2.24, 2.45) is 0 Å². The lowest BCUT2D eigenvalue weighted by Gasteiger charge is -2.32. The first kappa shape index (κ1) is 13.0. The topological polar surface area (TPSA) is 56.1 Å². The zero-order valence-corrected chi connectivity index (χ0v) is 10.3. The summed E-state index contributed by atoms with van der Waals surface area (Å²) in [5.74, 6) is 0.155. The molecule has 0 saturated carbocycles. The zero-order chi connectivity index (χ0) is 12.0. The van der Waals surface area contributed by atoms with Crippen LogP contribution in [-0.4, -0.2) is 36.5 Å². The first-order chi connectivity index (χ1) is 7.66. The van der Waals surface area contributed by atoms with Crippen molar-refractivity contribution in [1.29, 1.82) is 5.26 Å². The van der Waals surface area contributed by atoms with Crippen molar-refractivity contribution >= 4 is 5.91 Å². The molecule has 0 aliphatic carbocycles. The lowest BCUT2D eigenvalue weighted by atomic mass is 9.90. The molecule has 0 spiro atoms. The van der Waals surface area contributed by atoms with Gasteiger partial charge in [0.2, 0.25) is 5.91 Å². The highest BCUT2D eigenvalue weighted by atomic mass is 16.2. The summed E-state index contributed by atoms with van der Waals surface area (Å²) in [4.78, 5) is 14.0.